The summed E-state index contributed by atoms with van der Waals surface area (Å²) in [6.45, 7) is 4.29. The van der Waals surface area contributed by atoms with Gasteiger partial charge >= 0.3 is 0 Å². The summed E-state index contributed by atoms with van der Waals surface area (Å²) in [6.07, 6.45) is 3.49. The number of nitrogens with zero attached hydrogens (tertiary/aromatic N) is 1. The molecule has 0 spiro atoms. The maximum atomic E-state index is 8.87. The standard InChI is InChI=1S/C15H24N2O/c1-12-10-13(11-16-14-5-6-14)4-7-15(12)17(2)8-3-9-18/h4,7,10,14,16,18H,3,5-6,8-9,11H2,1-2H3. The van der Waals surface area contributed by atoms with E-state index in [1.807, 2.05) is 0 Å². The zero-order chi connectivity index (χ0) is 13.0. The van der Waals surface area contributed by atoms with E-state index in [-0.39, 0.29) is 6.61 Å². The zero-order valence-corrected chi connectivity index (χ0v) is 11.4. The number of hydrogen-bond donors (Lipinski definition) is 2. The summed E-state index contributed by atoms with van der Waals surface area (Å²) in [5, 5.41) is 12.4. The fraction of sp³-hybridized carbons (Fsp3) is 0.600. The molecule has 2 rings (SSSR count). The number of aliphatic hydroxyl groups excluding tert-OH is 1. The number of rotatable bonds is 7. The van der Waals surface area contributed by atoms with Gasteiger partial charge in [-0.15, -0.1) is 0 Å². The Labute approximate surface area is 110 Å². The maximum Gasteiger partial charge on any atom is 0.0447 e. The number of benzene rings is 1. The van der Waals surface area contributed by atoms with E-state index in [2.05, 4.69) is 42.4 Å². The predicted octanol–water partition coefficient (Wildman–Crippen LogP) is 2.07. The van der Waals surface area contributed by atoms with Gasteiger partial charge in [-0.1, -0.05) is 12.1 Å². The van der Waals surface area contributed by atoms with Gasteiger partial charge in [-0.2, -0.15) is 0 Å². The van der Waals surface area contributed by atoms with Gasteiger partial charge in [-0.3, -0.25) is 0 Å². The Bertz CT molecular complexity index is 388. The minimum Gasteiger partial charge on any atom is -0.396 e. The van der Waals surface area contributed by atoms with E-state index in [9.17, 15) is 0 Å². The van der Waals surface area contributed by atoms with E-state index >= 15 is 0 Å². The molecule has 3 heteroatoms. The van der Waals surface area contributed by atoms with Gasteiger partial charge in [0.05, 0.1) is 0 Å². The molecule has 0 heterocycles. The van der Waals surface area contributed by atoms with Gasteiger partial charge in [-0.05, 0) is 43.4 Å². The molecule has 0 amide bonds. The molecule has 1 fully saturated rings. The van der Waals surface area contributed by atoms with E-state index in [1.165, 1.54) is 29.7 Å². The molecule has 3 nitrogen and oxygen atoms in total. The third-order valence-electron chi connectivity index (χ3n) is 3.50. The lowest BCUT2D eigenvalue weighted by Gasteiger charge is -2.21. The second-order valence-electron chi connectivity index (χ2n) is 5.27. The van der Waals surface area contributed by atoms with Crippen molar-refractivity contribution in [3.05, 3.63) is 29.3 Å². The topological polar surface area (TPSA) is 35.5 Å². The first-order valence-corrected chi connectivity index (χ1v) is 6.85. The Morgan fingerprint density at radius 3 is 2.78 bits per heavy atom. The van der Waals surface area contributed by atoms with Crippen LogP contribution in [0.3, 0.4) is 0 Å². The Morgan fingerprint density at radius 2 is 2.17 bits per heavy atom. The van der Waals surface area contributed by atoms with Crippen LogP contribution in [0.5, 0.6) is 0 Å². The number of anilines is 1. The molecule has 1 aliphatic rings. The minimum atomic E-state index is 0.257. The highest BCUT2D eigenvalue weighted by Gasteiger charge is 2.19. The van der Waals surface area contributed by atoms with E-state index in [0.717, 1.165) is 25.6 Å². The summed E-state index contributed by atoms with van der Waals surface area (Å²) in [7, 11) is 2.08. The molecule has 1 saturated carbocycles. The third kappa shape index (κ3) is 3.72. The van der Waals surface area contributed by atoms with Crippen LogP contribution in [0.4, 0.5) is 5.69 Å². The summed E-state index contributed by atoms with van der Waals surface area (Å²) in [6, 6.07) is 7.42. The highest BCUT2D eigenvalue weighted by Crippen LogP contribution is 2.22. The van der Waals surface area contributed by atoms with Crippen LogP contribution in [0.25, 0.3) is 0 Å². The minimum absolute atomic E-state index is 0.257. The molecular formula is C15H24N2O. The average Bonchev–Trinajstić information content (AvgIpc) is 3.17. The highest BCUT2D eigenvalue weighted by atomic mass is 16.3. The normalized spacial score (nSPS) is 14.8. The maximum absolute atomic E-state index is 8.87. The van der Waals surface area contributed by atoms with Crippen molar-refractivity contribution >= 4 is 5.69 Å². The molecule has 0 unspecified atom stereocenters. The molecule has 100 valence electrons. The molecule has 0 bridgehead atoms. The Balaban J connectivity index is 1.94. The van der Waals surface area contributed by atoms with Gasteiger partial charge in [-0.25, -0.2) is 0 Å². The van der Waals surface area contributed by atoms with Crippen molar-refractivity contribution in [2.75, 3.05) is 25.1 Å². The lowest BCUT2D eigenvalue weighted by atomic mass is 10.1. The molecule has 0 aliphatic heterocycles. The van der Waals surface area contributed by atoms with Gasteiger partial charge in [0.15, 0.2) is 0 Å². The quantitative estimate of drug-likeness (QED) is 0.775. The van der Waals surface area contributed by atoms with Crippen LogP contribution >= 0.6 is 0 Å². The fourth-order valence-corrected chi connectivity index (χ4v) is 2.23. The van der Waals surface area contributed by atoms with Gasteiger partial charge in [0, 0.05) is 38.5 Å². The second kappa shape index (κ2) is 6.21. The van der Waals surface area contributed by atoms with Gasteiger partial charge in [0.25, 0.3) is 0 Å². The average molecular weight is 248 g/mol. The molecule has 0 atom stereocenters. The summed E-state index contributed by atoms with van der Waals surface area (Å²) < 4.78 is 0. The summed E-state index contributed by atoms with van der Waals surface area (Å²) in [4.78, 5) is 2.21. The number of aryl methyl sites for hydroxylation is 1. The highest BCUT2D eigenvalue weighted by molar-refractivity contribution is 5.53. The van der Waals surface area contributed by atoms with Crippen molar-refractivity contribution in [3.63, 3.8) is 0 Å². The van der Waals surface area contributed by atoms with Crippen LogP contribution in [0.15, 0.2) is 18.2 Å². The molecule has 18 heavy (non-hydrogen) atoms. The van der Waals surface area contributed by atoms with Crippen LogP contribution in [0.2, 0.25) is 0 Å². The SMILES string of the molecule is Cc1cc(CNC2CC2)ccc1N(C)CCCO. The lowest BCUT2D eigenvalue weighted by molar-refractivity contribution is 0.290. The van der Waals surface area contributed by atoms with Crippen molar-refractivity contribution in [1.29, 1.82) is 0 Å². The smallest absolute Gasteiger partial charge is 0.0447 e. The molecule has 0 aromatic heterocycles. The number of nitrogens with one attached hydrogen (secondary N) is 1. The fourth-order valence-electron chi connectivity index (χ4n) is 2.23. The lowest BCUT2D eigenvalue weighted by Crippen LogP contribution is -2.20. The van der Waals surface area contributed by atoms with Gasteiger partial charge in [0.1, 0.15) is 0 Å². The zero-order valence-electron chi connectivity index (χ0n) is 11.4. The summed E-state index contributed by atoms with van der Waals surface area (Å²) in [5.41, 5.74) is 3.93. The largest absolute Gasteiger partial charge is 0.396 e. The molecular weight excluding hydrogens is 224 g/mol. The monoisotopic (exact) mass is 248 g/mol. The first-order chi connectivity index (χ1) is 8.70. The van der Waals surface area contributed by atoms with Crippen molar-refractivity contribution in [2.45, 2.75) is 38.8 Å². The van der Waals surface area contributed by atoms with Crippen LogP contribution < -0.4 is 10.2 Å². The number of hydrogen-bond acceptors (Lipinski definition) is 3. The molecule has 0 radical (unpaired) electrons. The van der Waals surface area contributed by atoms with E-state index in [0.29, 0.717) is 0 Å². The van der Waals surface area contributed by atoms with Crippen molar-refractivity contribution in [1.82, 2.24) is 5.32 Å². The van der Waals surface area contributed by atoms with E-state index in [1.54, 1.807) is 0 Å². The van der Waals surface area contributed by atoms with Crippen LogP contribution in [0, 0.1) is 6.92 Å². The Morgan fingerprint density at radius 1 is 1.39 bits per heavy atom. The van der Waals surface area contributed by atoms with Crippen LogP contribution in [-0.4, -0.2) is 31.3 Å². The first kappa shape index (κ1) is 13.4. The third-order valence-corrected chi connectivity index (χ3v) is 3.50. The predicted molar refractivity (Wildman–Crippen MR) is 76.0 cm³/mol. The Kier molecular flexibility index (Phi) is 4.61. The molecule has 1 aromatic rings. The van der Waals surface area contributed by atoms with E-state index < -0.39 is 0 Å². The molecule has 1 aliphatic carbocycles. The van der Waals surface area contributed by atoms with Crippen LogP contribution in [-0.2, 0) is 6.54 Å². The molecule has 2 N–H and O–H groups in total. The van der Waals surface area contributed by atoms with Crippen molar-refractivity contribution < 1.29 is 5.11 Å². The van der Waals surface area contributed by atoms with Gasteiger partial charge < -0.3 is 15.3 Å². The van der Waals surface area contributed by atoms with Gasteiger partial charge in [0.2, 0.25) is 0 Å². The molecule has 0 saturated heterocycles. The summed E-state index contributed by atoms with van der Waals surface area (Å²) >= 11 is 0. The molecule has 1 aromatic carbocycles. The number of aliphatic hydroxyl groups is 1. The van der Waals surface area contributed by atoms with Crippen molar-refractivity contribution in [3.8, 4) is 0 Å². The second-order valence-corrected chi connectivity index (χ2v) is 5.27. The summed E-state index contributed by atoms with van der Waals surface area (Å²) in [5.74, 6) is 0. The van der Waals surface area contributed by atoms with Crippen LogP contribution in [0.1, 0.15) is 30.4 Å². The van der Waals surface area contributed by atoms with E-state index in [4.69, 9.17) is 5.11 Å². The Hall–Kier alpha value is -1.06. The van der Waals surface area contributed by atoms with Crippen molar-refractivity contribution in [2.24, 2.45) is 0 Å². The first-order valence-electron chi connectivity index (χ1n) is 6.85.